The molecular weight excluding hydrogens is 276 g/mol. The number of hydrogen-bond acceptors (Lipinski definition) is 5. The average Bonchev–Trinajstić information content (AvgIpc) is 3.15. The third kappa shape index (κ3) is 2.92. The lowest BCUT2D eigenvalue weighted by Crippen LogP contribution is -2.33. The van der Waals surface area contributed by atoms with E-state index in [1.54, 1.807) is 11.8 Å². The van der Waals surface area contributed by atoms with Crippen molar-refractivity contribution in [1.29, 1.82) is 0 Å². The van der Waals surface area contributed by atoms with Crippen molar-refractivity contribution in [1.82, 2.24) is 0 Å². The van der Waals surface area contributed by atoms with Crippen molar-refractivity contribution >= 4 is 39.6 Å². The van der Waals surface area contributed by atoms with Gasteiger partial charge in [-0.05, 0) is 38.9 Å². The molecule has 19 heavy (non-hydrogen) atoms. The molecule has 0 saturated heterocycles. The molecule has 1 aromatic heterocycles. The number of thiophene rings is 1. The topological polar surface area (TPSA) is 55.1 Å². The first kappa shape index (κ1) is 14.7. The molecule has 0 radical (unpaired) electrons. The van der Waals surface area contributed by atoms with Crippen LogP contribution < -0.4 is 11.1 Å². The molecule has 0 aliphatic heterocycles. The van der Waals surface area contributed by atoms with Crippen molar-refractivity contribution in [3.05, 3.63) is 4.88 Å². The number of anilines is 2. The van der Waals surface area contributed by atoms with E-state index in [4.69, 9.17) is 5.73 Å². The standard InChI is InChI=1S/C14H22N2OS2/c1-5-9(17)11-10(15)12(18-4)13(19-11)16-14(2,3)8-6-7-8/h8,16H,5-7,15H2,1-4H3. The molecule has 0 atom stereocenters. The van der Waals surface area contributed by atoms with Gasteiger partial charge in [0, 0.05) is 12.0 Å². The molecule has 1 saturated carbocycles. The lowest BCUT2D eigenvalue weighted by atomic mass is 9.99. The van der Waals surface area contributed by atoms with Crippen LogP contribution in [0.3, 0.4) is 0 Å². The minimum atomic E-state index is 0.0777. The van der Waals surface area contributed by atoms with Crippen LogP contribution in [0, 0.1) is 5.92 Å². The summed E-state index contributed by atoms with van der Waals surface area (Å²) >= 11 is 3.12. The number of hydrogen-bond donors (Lipinski definition) is 2. The monoisotopic (exact) mass is 298 g/mol. The van der Waals surface area contributed by atoms with Crippen molar-refractivity contribution in [3.63, 3.8) is 0 Å². The van der Waals surface area contributed by atoms with Crippen LogP contribution in [0.1, 0.15) is 49.7 Å². The molecule has 1 aliphatic rings. The maximum absolute atomic E-state index is 11.9. The number of carbonyl (C=O) groups excluding carboxylic acids is 1. The van der Waals surface area contributed by atoms with Gasteiger partial charge in [-0.1, -0.05) is 6.92 Å². The molecule has 106 valence electrons. The van der Waals surface area contributed by atoms with Crippen LogP contribution in [0.5, 0.6) is 0 Å². The second-order valence-corrected chi connectivity index (χ2v) is 7.44. The Morgan fingerprint density at radius 1 is 1.53 bits per heavy atom. The first-order chi connectivity index (χ1) is 8.90. The molecule has 1 aromatic rings. The summed E-state index contributed by atoms with van der Waals surface area (Å²) in [4.78, 5) is 13.7. The Morgan fingerprint density at radius 3 is 2.63 bits per heavy atom. The van der Waals surface area contributed by atoms with Gasteiger partial charge in [-0.25, -0.2) is 0 Å². The van der Waals surface area contributed by atoms with E-state index in [-0.39, 0.29) is 11.3 Å². The third-order valence-electron chi connectivity index (χ3n) is 3.71. The molecule has 0 aromatic carbocycles. The minimum absolute atomic E-state index is 0.0777. The van der Waals surface area contributed by atoms with Gasteiger partial charge in [0.2, 0.25) is 0 Å². The maximum atomic E-state index is 11.9. The van der Waals surface area contributed by atoms with Crippen molar-refractivity contribution in [3.8, 4) is 0 Å². The van der Waals surface area contributed by atoms with Gasteiger partial charge >= 0.3 is 0 Å². The second kappa shape index (κ2) is 5.37. The summed E-state index contributed by atoms with van der Waals surface area (Å²) in [6.45, 7) is 6.33. The average molecular weight is 298 g/mol. The van der Waals surface area contributed by atoms with Gasteiger partial charge in [0.1, 0.15) is 5.00 Å². The van der Waals surface area contributed by atoms with Gasteiger partial charge in [-0.15, -0.1) is 23.1 Å². The molecule has 1 fully saturated rings. The molecule has 0 unspecified atom stereocenters. The lowest BCUT2D eigenvalue weighted by Gasteiger charge is -2.27. The van der Waals surface area contributed by atoms with Crippen LogP contribution in [0.2, 0.25) is 0 Å². The molecule has 3 N–H and O–H groups in total. The predicted molar refractivity (Wildman–Crippen MR) is 85.6 cm³/mol. The third-order valence-corrected chi connectivity index (χ3v) is 5.84. The molecule has 1 aliphatic carbocycles. The number of nitrogen functional groups attached to an aromatic ring is 1. The first-order valence-electron chi connectivity index (χ1n) is 6.68. The molecule has 5 heteroatoms. The Kier molecular flexibility index (Phi) is 4.16. The van der Waals surface area contributed by atoms with E-state index >= 15 is 0 Å². The van der Waals surface area contributed by atoms with Crippen molar-refractivity contribution in [2.24, 2.45) is 5.92 Å². The molecule has 2 rings (SSSR count). The lowest BCUT2D eigenvalue weighted by molar-refractivity contribution is 0.0992. The van der Waals surface area contributed by atoms with Crippen molar-refractivity contribution < 1.29 is 4.79 Å². The van der Waals surface area contributed by atoms with E-state index in [9.17, 15) is 4.79 Å². The Bertz CT molecular complexity index is 490. The zero-order valence-electron chi connectivity index (χ0n) is 12.0. The highest BCUT2D eigenvalue weighted by Gasteiger charge is 2.38. The molecule has 3 nitrogen and oxygen atoms in total. The van der Waals surface area contributed by atoms with E-state index < -0.39 is 0 Å². The summed E-state index contributed by atoms with van der Waals surface area (Å²) in [5.74, 6) is 0.867. The normalized spacial score (nSPS) is 15.6. The van der Waals surface area contributed by atoms with Gasteiger partial charge in [-0.2, -0.15) is 0 Å². The summed E-state index contributed by atoms with van der Waals surface area (Å²) in [7, 11) is 0. The number of rotatable bonds is 6. The highest BCUT2D eigenvalue weighted by molar-refractivity contribution is 7.99. The molecule has 1 heterocycles. The van der Waals surface area contributed by atoms with Gasteiger partial charge in [-0.3, -0.25) is 4.79 Å². The summed E-state index contributed by atoms with van der Waals surface area (Å²) in [5.41, 5.74) is 6.86. The minimum Gasteiger partial charge on any atom is -0.396 e. The summed E-state index contributed by atoms with van der Waals surface area (Å²) in [5, 5.41) is 4.66. The van der Waals surface area contributed by atoms with Crippen molar-refractivity contribution in [2.75, 3.05) is 17.3 Å². The highest BCUT2D eigenvalue weighted by atomic mass is 32.2. The molecule has 0 spiro atoms. The Labute approximate surface area is 123 Å². The number of ketones is 1. The first-order valence-corrected chi connectivity index (χ1v) is 8.72. The smallest absolute Gasteiger partial charge is 0.174 e. The quantitative estimate of drug-likeness (QED) is 0.609. The Balaban J connectivity index is 2.31. The number of Topliss-reactive ketones (excluding diaryl/α,β-unsaturated/α-hetero) is 1. The largest absolute Gasteiger partial charge is 0.396 e. The molecule has 0 bridgehead atoms. The van der Waals surface area contributed by atoms with E-state index in [2.05, 4.69) is 19.2 Å². The second-order valence-electron chi connectivity index (χ2n) is 5.60. The number of thioether (sulfide) groups is 1. The van der Waals surface area contributed by atoms with Crippen LogP contribution in [-0.2, 0) is 0 Å². The zero-order chi connectivity index (χ0) is 14.2. The van der Waals surface area contributed by atoms with E-state index in [1.165, 1.54) is 24.2 Å². The van der Waals surface area contributed by atoms with Gasteiger partial charge in [0.05, 0.1) is 15.5 Å². The van der Waals surface area contributed by atoms with E-state index in [0.29, 0.717) is 17.0 Å². The van der Waals surface area contributed by atoms with Crippen LogP contribution in [-0.4, -0.2) is 17.6 Å². The Hall–Kier alpha value is -0.680. The van der Waals surface area contributed by atoms with Gasteiger partial charge in [0.25, 0.3) is 0 Å². The van der Waals surface area contributed by atoms with Crippen molar-refractivity contribution in [2.45, 2.75) is 50.5 Å². The number of nitrogens with two attached hydrogens (primary N) is 1. The SMILES string of the molecule is CCC(=O)c1sc(NC(C)(C)C2CC2)c(SC)c1N. The van der Waals surface area contributed by atoms with Gasteiger partial charge in [0.15, 0.2) is 5.78 Å². The van der Waals surface area contributed by atoms with Crippen LogP contribution >= 0.6 is 23.1 Å². The fourth-order valence-corrected chi connectivity index (χ4v) is 4.47. The predicted octanol–water partition coefficient (Wildman–Crippen LogP) is 4.25. The molecular formula is C14H22N2OS2. The van der Waals surface area contributed by atoms with E-state index in [0.717, 1.165) is 15.8 Å². The summed E-state index contributed by atoms with van der Waals surface area (Å²) < 4.78 is 0. The Morgan fingerprint density at radius 2 is 2.16 bits per heavy atom. The highest BCUT2D eigenvalue weighted by Crippen LogP contribution is 2.47. The van der Waals surface area contributed by atoms with Crippen LogP contribution in [0.4, 0.5) is 10.7 Å². The number of nitrogens with one attached hydrogen (secondary N) is 1. The molecule has 0 amide bonds. The number of carbonyl (C=O) groups is 1. The maximum Gasteiger partial charge on any atom is 0.174 e. The van der Waals surface area contributed by atoms with Gasteiger partial charge < -0.3 is 11.1 Å². The van der Waals surface area contributed by atoms with E-state index in [1.807, 2.05) is 13.2 Å². The zero-order valence-corrected chi connectivity index (χ0v) is 13.6. The van der Waals surface area contributed by atoms with Crippen LogP contribution in [0.25, 0.3) is 0 Å². The fraction of sp³-hybridized carbons (Fsp3) is 0.643. The summed E-state index contributed by atoms with van der Waals surface area (Å²) in [6.07, 6.45) is 5.09. The van der Waals surface area contributed by atoms with Crippen LogP contribution in [0.15, 0.2) is 4.90 Å². The summed E-state index contributed by atoms with van der Waals surface area (Å²) in [6, 6.07) is 0. The fourth-order valence-electron chi connectivity index (χ4n) is 2.28.